The van der Waals surface area contributed by atoms with Crippen LogP contribution in [0.1, 0.15) is 55.5 Å². The predicted molar refractivity (Wildman–Crippen MR) is 168 cm³/mol. The van der Waals surface area contributed by atoms with Gasteiger partial charge < -0.3 is 30.6 Å². The number of carbonyl (C=O) groups excluding carboxylic acids is 1. The lowest BCUT2D eigenvalue weighted by Gasteiger charge is -2.28. The van der Waals surface area contributed by atoms with Crippen LogP contribution in [0.15, 0.2) is 65.6 Å². The van der Waals surface area contributed by atoms with E-state index >= 15 is 0 Å². The highest BCUT2D eigenvalue weighted by molar-refractivity contribution is 5.95. The van der Waals surface area contributed by atoms with Gasteiger partial charge >= 0.3 is 5.69 Å². The van der Waals surface area contributed by atoms with Crippen molar-refractivity contribution in [3.8, 4) is 17.4 Å². The summed E-state index contributed by atoms with van der Waals surface area (Å²) in [7, 11) is 0. The number of benzene rings is 2. The van der Waals surface area contributed by atoms with Crippen molar-refractivity contribution in [2.45, 2.75) is 64.1 Å². The maximum Gasteiger partial charge on any atom is 0.326 e. The Morgan fingerprint density at radius 2 is 1.91 bits per heavy atom. The molecule has 1 amide bonds. The maximum atomic E-state index is 12.7. The number of aromatic amines is 1. The Labute approximate surface area is 257 Å². The van der Waals surface area contributed by atoms with E-state index in [1.807, 2.05) is 42.5 Å². The molecular weight excluding hydrogens is 570 g/mol. The number of imidazole rings is 1. The van der Waals surface area contributed by atoms with E-state index in [1.54, 1.807) is 22.9 Å². The number of rotatable bonds is 13. The number of hydrogen-bond acceptors (Lipinski definition) is 7. The van der Waals surface area contributed by atoms with Crippen molar-refractivity contribution in [2.75, 3.05) is 13.2 Å². The van der Waals surface area contributed by atoms with Crippen LogP contribution in [0.4, 0.5) is 0 Å². The first-order valence-corrected chi connectivity index (χ1v) is 14.5. The molecule has 10 nitrogen and oxygen atoms in total. The monoisotopic (exact) mass is 609 g/mol. The second kappa shape index (κ2) is 14.1. The smallest absolute Gasteiger partial charge is 0.326 e. The minimum atomic E-state index is -0.748. The van der Waals surface area contributed by atoms with Gasteiger partial charge in [-0.25, -0.2) is 9.78 Å². The zero-order valence-corrected chi connectivity index (χ0v) is 25.4. The fourth-order valence-corrected chi connectivity index (χ4v) is 5.59. The third-order valence-corrected chi connectivity index (χ3v) is 7.74. The quantitative estimate of drug-likeness (QED) is 0.174. The molecule has 4 aromatic rings. The molecule has 0 spiro atoms. The number of nitrogens with one attached hydrogen (secondary N) is 2. The lowest BCUT2D eigenvalue weighted by atomic mass is 9.94. The average Bonchev–Trinajstić information content (AvgIpc) is 3.60. The van der Waals surface area contributed by atoms with Crippen molar-refractivity contribution in [3.63, 3.8) is 0 Å². The van der Waals surface area contributed by atoms with Gasteiger partial charge in [0.05, 0.1) is 5.52 Å². The van der Waals surface area contributed by atoms with Crippen molar-refractivity contribution >= 4 is 29.3 Å². The lowest BCUT2D eigenvalue weighted by Crippen LogP contribution is -2.46. The Balaban J connectivity index is 0.00000423. The number of nitrogens with two attached hydrogens (primary N) is 1. The molecule has 1 aliphatic rings. The number of ether oxygens (including phenoxy) is 2. The molecular formula is C32H40ClN5O5. The van der Waals surface area contributed by atoms with Crippen LogP contribution < -0.4 is 26.2 Å². The van der Waals surface area contributed by atoms with E-state index in [4.69, 9.17) is 15.2 Å². The fourth-order valence-electron chi connectivity index (χ4n) is 5.59. The Bertz CT molecular complexity index is 1580. The number of nitrogens with zero attached hydrogens (tertiary/aromatic N) is 2. The molecule has 5 N–H and O–H groups in total. The molecule has 1 fully saturated rings. The molecule has 43 heavy (non-hydrogen) atoms. The van der Waals surface area contributed by atoms with Crippen molar-refractivity contribution in [3.05, 3.63) is 82.4 Å². The number of halogens is 1. The Kier molecular flexibility index (Phi) is 10.5. The van der Waals surface area contributed by atoms with Gasteiger partial charge in [-0.15, -0.1) is 12.4 Å². The molecule has 0 unspecified atom stereocenters. The summed E-state index contributed by atoms with van der Waals surface area (Å²) in [4.78, 5) is 31.4. The van der Waals surface area contributed by atoms with E-state index in [1.165, 1.54) is 12.8 Å². The van der Waals surface area contributed by atoms with Gasteiger partial charge in [0.2, 0.25) is 5.88 Å². The van der Waals surface area contributed by atoms with Gasteiger partial charge in [0.25, 0.3) is 5.91 Å². The summed E-state index contributed by atoms with van der Waals surface area (Å²) in [5, 5.41) is 14.2. The summed E-state index contributed by atoms with van der Waals surface area (Å²) in [5.74, 6) is 1.21. The van der Waals surface area contributed by atoms with Gasteiger partial charge in [-0.1, -0.05) is 31.0 Å². The molecule has 1 aliphatic carbocycles. The Morgan fingerprint density at radius 1 is 1.16 bits per heavy atom. The first-order chi connectivity index (χ1) is 20.2. The number of amides is 1. The summed E-state index contributed by atoms with van der Waals surface area (Å²) >= 11 is 0. The minimum absolute atomic E-state index is 0. The second-order valence-electron chi connectivity index (χ2n) is 11.7. The molecule has 5 rings (SSSR count). The largest absolute Gasteiger partial charge is 0.489 e. The van der Waals surface area contributed by atoms with Gasteiger partial charge in [0.1, 0.15) is 35.3 Å². The van der Waals surface area contributed by atoms with Crippen molar-refractivity contribution in [1.29, 1.82) is 0 Å². The third-order valence-electron chi connectivity index (χ3n) is 7.74. The van der Waals surface area contributed by atoms with Gasteiger partial charge in [-0.05, 0) is 81.0 Å². The molecule has 2 aromatic carbocycles. The summed E-state index contributed by atoms with van der Waals surface area (Å²) in [6, 6.07) is 16.3. The normalized spacial score (nSPS) is 14.4. The summed E-state index contributed by atoms with van der Waals surface area (Å²) in [5.41, 5.74) is 7.77. The average molecular weight is 610 g/mol. The minimum Gasteiger partial charge on any atom is -0.489 e. The second-order valence-corrected chi connectivity index (χ2v) is 11.7. The lowest BCUT2D eigenvalue weighted by molar-refractivity contribution is 0.0993. The number of fused-ring (bicyclic) bond motifs is 1. The van der Waals surface area contributed by atoms with E-state index in [0.29, 0.717) is 36.9 Å². The number of para-hydroxylation sites is 1. The Morgan fingerprint density at radius 3 is 2.63 bits per heavy atom. The molecule has 0 saturated heterocycles. The highest BCUT2D eigenvalue weighted by Crippen LogP contribution is 2.30. The molecule has 0 bridgehead atoms. The zero-order valence-electron chi connectivity index (χ0n) is 24.5. The van der Waals surface area contributed by atoms with E-state index in [-0.39, 0.29) is 41.7 Å². The number of aliphatic hydroxyl groups excluding tert-OH is 1. The zero-order chi connectivity index (χ0) is 29.7. The molecule has 1 saturated carbocycles. The first-order valence-electron chi connectivity index (χ1n) is 14.5. The van der Waals surface area contributed by atoms with Crippen LogP contribution in [0.5, 0.6) is 17.4 Å². The van der Waals surface area contributed by atoms with Crippen LogP contribution in [0.3, 0.4) is 0 Å². The number of carbonyl (C=O) groups is 1. The molecule has 0 radical (unpaired) electrons. The highest BCUT2D eigenvalue weighted by atomic mass is 35.5. The SMILES string of the molecule is CC(C)(Cc1ccc(Oc2ncccc2C(N)=O)cc1)NC[C@H](O)COc1cccc2[nH]c(=O)n(CC3CCCC3)c12.Cl. The highest BCUT2D eigenvalue weighted by Gasteiger charge is 2.22. The fraction of sp³-hybridized carbons (Fsp3) is 0.406. The van der Waals surface area contributed by atoms with Crippen LogP contribution in [0.2, 0.25) is 0 Å². The number of pyridine rings is 1. The van der Waals surface area contributed by atoms with E-state index in [2.05, 4.69) is 29.1 Å². The first kappa shape index (κ1) is 32.1. The van der Waals surface area contributed by atoms with Crippen LogP contribution >= 0.6 is 12.4 Å². The van der Waals surface area contributed by atoms with E-state index in [0.717, 1.165) is 29.4 Å². The molecule has 0 aliphatic heterocycles. The number of primary amides is 1. The number of β-amino-alcohol motifs (C(OH)–C–C–N with tert-alkyl or cyclic N) is 1. The number of H-pyrrole nitrogens is 1. The van der Waals surface area contributed by atoms with Gasteiger partial charge in [0.15, 0.2) is 0 Å². The van der Waals surface area contributed by atoms with Crippen LogP contribution in [0.25, 0.3) is 11.0 Å². The van der Waals surface area contributed by atoms with E-state index in [9.17, 15) is 14.7 Å². The van der Waals surface area contributed by atoms with Crippen LogP contribution in [-0.2, 0) is 13.0 Å². The van der Waals surface area contributed by atoms with Crippen LogP contribution in [0, 0.1) is 5.92 Å². The molecule has 2 heterocycles. The Hall–Kier alpha value is -3.86. The topological polar surface area (TPSA) is 144 Å². The maximum absolute atomic E-state index is 12.7. The van der Waals surface area contributed by atoms with Crippen molar-refractivity contribution in [1.82, 2.24) is 19.9 Å². The number of aliphatic hydroxyl groups is 1. The summed E-state index contributed by atoms with van der Waals surface area (Å²) in [6.07, 6.45) is 6.21. The predicted octanol–water partition coefficient (Wildman–Crippen LogP) is 4.58. The van der Waals surface area contributed by atoms with Gasteiger partial charge in [-0.3, -0.25) is 9.36 Å². The molecule has 1 atom stereocenters. The van der Waals surface area contributed by atoms with Gasteiger partial charge in [0, 0.05) is 24.8 Å². The van der Waals surface area contributed by atoms with Crippen LogP contribution in [-0.4, -0.2) is 50.3 Å². The van der Waals surface area contributed by atoms with Gasteiger partial charge in [-0.2, -0.15) is 0 Å². The van der Waals surface area contributed by atoms with Crippen molar-refractivity contribution in [2.24, 2.45) is 11.7 Å². The number of aromatic nitrogens is 3. The summed E-state index contributed by atoms with van der Waals surface area (Å²) in [6.45, 7) is 5.25. The number of hydrogen-bond donors (Lipinski definition) is 4. The molecule has 11 heteroatoms. The van der Waals surface area contributed by atoms with E-state index < -0.39 is 12.0 Å². The molecule has 230 valence electrons. The molecule has 2 aromatic heterocycles. The van der Waals surface area contributed by atoms with Crippen molar-refractivity contribution < 1.29 is 19.4 Å². The standard InChI is InChI=1S/C32H39N5O5.ClH/c1-32(2,17-21-12-14-24(15-13-21)42-30-25(29(33)39)9-6-16-34-30)35-18-23(38)20-41-27-11-5-10-26-28(27)37(31(40)36-26)19-22-7-3-4-8-22;/h5-6,9-16,22-23,35,38H,3-4,7-8,17-20H2,1-2H3,(H2,33,39)(H,36,40);1H/t23-;/m0./s1. The summed E-state index contributed by atoms with van der Waals surface area (Å²) < 4.78 is 13.6. The third kappa shape index (κ3) is 8.16.